The van der Waals surface area contributed by atoms with Crippen molar-refractivity contribution in [3.05, 3.63) is 59.9 Å². The number of aromatic nitrogens is 1. The molecule has 1 aliphatic rings. The number of benzene rings is 1. The molecule has 1 N–H and O–H groups in total. The van der Waals surface area contributed by atoms with E-state index >= 15 is 0 Å². The lowest BCUT2D eigenvalue weighted by molar-refractivity contribution is 0.0786. The SMILES string of the molecule is O=C(c1cccnc1)N1CCC(Cc2ccc(O)cc2)C1. The van der Waals surface area contributed by atoms with E-state index < -0.39 is 0 Å². The zero-order valence-electron chi connectivity index (χ0n) is 11.8. The second kappa shape index (κ2) is 5.95. The first kappa shape index (κ1) is 13.6. The standard InChI is InChI=1S/C17H18N2O2/c20-16-5-3-13(4-6-16)10-14-7-9-19(12-14)17(21)15-2-1-8-18-11-15/h1-6,8,11,14,20H,7,9-10,12H2. The first-order chi connectivity index (χ1) is 10.2. The highest BCUT2D eigenvalue weighted by Gasteiger charge is 2.27. The van der Waals surface area contributed by atoms with Crippen LogP contribution >= 0.6 is 0 Å². The molecule has 1 atom stereocenters. The zero-order valence-corrected chi connectivity index (χ0v) is 11.8. The van der Waals surface area contributed by atoms with Gasteiger partial charge < -0.3 is 10.0 Å². The summed E-state index contributed by atoms with van der Waals surface area (Å²) in [5.74, 6) is 0.838. The molecule has 21 heavy (non-hydrogen) atoms. The Bertz CT molecular complexity index is 610. The number of phenols is 1. The third kappa shape index (κ3) is 3.21. The number of nitrogens with zero attached hydrogens (tertiary/aromatic N) is 2. The topological polar surface area (TPSA) is 53.4 Å². The van der Waals surface area contributed by atoms with Gasteiger partial charge in [-0.05, 0) is 48.6 Å². The quantitative estimate of drug-likeness (QED) is 0.941. The summed E-state index contributed by atoms with van der Waals surface area (Å²) in [4.78, 5) is 18.2. The molecule has 4 heteroatoms. The second-order valence-corrected chi connectivity index (χ2v) is 5.52. The van der Waals surface area contributed by atoms with Gasteiger partial charge in [0.2, 0.25) is 0 Å². The van der Waals surface area contributed by atoms with Crippen LogP contribution in [-0.2, 0) is 6.42 Å². The number of carbonyl (C=O) groups excluding carboxylic acids is 1. The molecule has 1 aromatic carbocycles. The number of pyridine rings is 1. The van der Waals surface area contributed by atoms with Crippen LogP contribution in [0.2, 0.25) is 0 Å². The third-order valence-electron chi connectivity index (χ3n) is 3.94. The van der Waals surface area contributed by atoms with E-state index in [1.807, 2.05) is 23.1 Å². The molecule has 2 heterocycles. The second-order valence-electron chi connectivity index (χ2n) is 5.52. The fourth-order valence-corrected chi connectivity index (χ4v) is 2.82. The smallest absolute Gasteiger partial charge is 0.255 e. The van der Waals surface area contributed by atoms with Gasteiger partial charge in [0.05, 0.1) is 5.56 Å². The minimum atomic E-state index is 0.0660. The van der Waals surface area contributed by atoms with Crippen molar-refractivity contribution in [2.24, 2.45) is 5.92 Å². The number of phenolic OH excluding ortho intramolecular Hbond substituents is 1. The normalized spacial score (nSPS) is 17.9. The predicted octanol–water partition coefficient (Wildman–Crippen LogP) is 2.49. The molecule has 2 aromatic rings. The first-order valence-electron chi connectivity index (χ1n) is 7.19. The summed E-state index contributed by atoms with van der Waals surface area (Å²) < 4.78 is 0. The Morgan fingerprint density at radius 3 is 2.81 bits per heavy atom. The van der Waals surface area contributed by atoms with Crippen LogP contribution in [0, 0.1) is 5.92 Å². The Labute approximate surface area is 124 Å². The van der Waals surface area contributed by atoms with Crippen molar-refractivity contribution in [1.29, 1.82) is 0 Å². The Kier molecular flexibility index (Phi) is 3.86. The summed E-state index contributed by atoms with van der Waals surface area (Å²) in [6.45, 7) is 1.59. The third-order valence-corrected chi connectivity index (χ3v) is 3.94. The Morgan fingerprint density at radius 1 is 1.29 bits per heavy atom. The van der Waals surface area contributed by atoms with Crippen molar-refractivity contribution in [1.82, 2.24) is 9.88 Å². The van der Waals surface area contributed by atoms with E-state index in [9.17, 15) is 9.90 Å². The van der Waals surface area contributed by atoms with Gasteiger partial charge in [-0.1, -0.05) is 12.1 Å². The molecule has 1 aromatic heterocycles. The molecule has 0 aliphatic carbocycles. The molecule has 108 valence electrons. The Morgan fingerprint density at radius 2 is 2.10 bits per heavy atom. The van der Waals surface area contributed by atoms with Crippen molar-refractivity contribution in [3.8, 4) is 5.75 Å². The van der Waals surface area contributed by atoms with Crippen LogP contribution in [0.3, 0.4) is 0 Å². The maximum atomic E-state index is 12.3. The number of aromatic hydroxyl groups is 1. The van der Waals surface area contributed by atoms with E-state index in [0.29, 0.717) is 17.2 Å². The molecular formula is C17H18N2O2. The Balaban J connectivity index is 1.60. The molecule has 1 saturated heterocycles. The highest BCUT2D eigenvalue weighted by Crippen LogP contribution is 2.23. The van der Waals surface area contributed by atoms with Crippen molar-refractivity contribution < 1.29 is 9.90 Å². The van der Waals surface area contributed by atoms with E-state index in [-0.39, 0.29) is 5.91 Å². The van der Waals surface area contributed by atoms with Crippen LogP contribution in [-0.4, -0.2) is 34.0 Å². The fourth-order valence-electron chi connectivity index (χ4n) is 2.82. The number of carbonyl (C=O) groups is 1. The average molecular weight is 282 g/mol. The molecule has 0 bridgehead atoms. The number of hydrogen-bond acceptors (Lipinski definition) is 3. The molecule has 0 radical (unpaired) electrons. The van der Waals surface area contributed by atoms with Gasteiger partial charge in [-0.25, -0.2) is 0 Å². The first-order valence-corrected chi connectivity index (χ1v) is 7.19. The van der Waals surface area contributed by atoms with E-state index in [1.165, 1.54) is 5.56 Å². The van der Waals surface area contributed by atoms with Crippen molar-refractivity contribution in [2.45, 2.75) is 12.8 Å². The molecule has 4 nitrogen and oxygen atoms in total. The largest absolute Gasteiger partial charge is 0.508 e. The molecule has 3 rings (SSSR count). The number of likely N-dealkylation sites (tertiary alicyclic amines) is 1. The molecule has 1 amide bonds. The van der Waals surface area contributed by atoms with Crippen LogP contribution in [0.25, 0.3) is 0 Å². The molecule has 0 saturated carbocycles. The number of hydrogen-bond donors (Lipinski definition) is 1. The number of rotatable bonds is 3. The van der Waals surface area contributed by atoms with Gasteiger partial charge in [0.15, 0.2) is 0 Å². The van der Waals surface area contributed by atoms with E-state index in [4.69, 9.17) is 0 Å². The maximum Gasteiger partial charge on any atom is 0.255 e. The van der Waals surface area contributed by atoms with Gasteiger partial charge in [-0.2, -0.15) is 0 Å². The summed E-state index contributed by atoms with van der Waals surface area (Å²) in [6.07, 6.45) is 5.26. The molecule has 1 unspecified atom stereocenters. The van der Waals surface area contributed by atoms with Crippen molar-refractivity contribution in [2.75, 3.05) is 13.1 Å². The van der Waals surface area contributed by atoms with E-state index in [2.05, 4.69) is 4.98 Å². The fraction of sp³-hybridized carbons (Fsp3) is 0.294. The number of amides is 1. The van der Waals surface area contributed by atoms with Crippen molar-refractivity contribution in [3.63, 3.8) is 0 Å². The van der Waals surface area contributed by atoms with Crippen LogP contribution in [0.4, 0.5) is 0 Å². The highest BCUT2D eigenvalue weighted by atomic mass is 16.3. The lowest BCUT2D eigenvalue weighted by Crippen LogP contribution is -2.29. The lowest BCUT2D eigenvalue weighted by Gasteiger charge is -2.16. The minimum Gasteiger partial charge on any atom is -0.508 e. The monoisotopic (exact) mass is 282 g/mol. The summed E-state index contributed by atoms with van der Waals surface area (Å²) in [6, 6.07) is 10.9. The van der Waals surface area contributed by atoms with Crippen LogP contribution in [0.5, 0.6) is 5.75 Å². The van der Waals surface area contributed by atoms with Crippen LogP contribution in [0.15, 0.2) is 48.8 Å². The van der Waals surface area contributed by atoms with Crippen LogP contribution in [0.1, 0.15) is 22.3 Å². The van der Waals surface area contributed by atoms with Crippen LogP contribution < -0.4 is 0 Å². The van der Waals surface area contributed by atoms with Gasteiger partial charge in [0.1, 0.15) is 5.75 Å². The lowest BCUT2D eigenvalue weighted by atomic mass is 9.99. The Hall–Kier alpha value is -2.36. The summed E-state index contributed by atoms with van der Waals surface area (Å²) in [5.41, 5.74) is 1.86. The van der Waals surface area contributed by atoms with E-state index in [1.54, 1.807) is 30.6 Å². The minimum absolute atomic E-state index is 0.0660. The summed E-state index contributed by atoms with van der Waals surface area (Å²) >= 11 is 0. The van der Waals surface area contributed by atoms with Crippen molar-refractivity contribution >= 4 is 5.91 Å². The predicted molar refractivity (Wildman–Crippen MR) is 80.1 cm³/mol. The molecule has 1 fully saturated rings. The maximum absolute atomic E-state index is 12.3. The molecular weight excluding hydrogens is 264 g/mol. The van der Waals surface area contributed by atoms with Gasteiger partial charge in [-0.15, -0.1) is 0 Å². The van der Waals surface area contributed by atoms with Gasteiger partial charge >= 0.3 is 0 Å². The van der Waals surface area contributed by atoms with Gasteiger partial charge in [0, 0.05) is 25.5 Å². The summed E-state index contributed by atoms with van der Waals surface area (Å²) in [7, 11) is 0. The van der Waals surface area contributed by atoms with E-state index in [0.717, 1.165) is 25.9 Å². The zero-order chi connectivity index (χ0) is 14.7. The average Bonchev–Trinajstić information content (AvgIpc) is 2.98. The highest BCUT2D eigenvalue weighted by molar-refractivity contribution is 5.94. The van der Waals surface area contributed by atoms with Gasteiger partial charge in [0.25, 0.3) is 5.91 Å². The van der Waals surface area contributed by atoms with Gasteiger partial charge in [-0.3, -0.25) is 9.78 Å². The molecule has 0 spiro atoms. The molecule has 1 aliphatic heterocycles. The summed E-state index contributed by atoms with van der Waals surface area (Å²) in [5, 5.41) is 9.30.